The van der Waals surface area contributed by atoms with Crippen LogP contribution in [0, 0.1) is 20.8 Å². The van der Waals surface area contributed by atoms with E-state index in [4.69, 9.17) is 4.74 Å². The topological polar surface area (TPSA) is 9.23 Å². The zero-order valence-corrected chi connectivity index (χ0v) is 10.7. The minimum Gasteiger partial charge on any atom is -0.493 e. The maximum atomic E-state index is 5.82. The number of rotatable bonds is 5. The minimum absolute atomic E-state index is 0.797. The molecule has 1 rings (SSSR count). The van der Waals surface area contributed by atoms with Gasteiger partial charge in [-0.05, 0) is 56.1 Å². The molecular formula is C13H20OS. The highest BCUT2D eigenvalue weighted by atomic mass is 32.1. The first-order valence-electron chi connectivity index (χ1n) is 5.47. The Hall–Kier alpha value is -0.630. The fraction of sp³-hybridized carbons (Fsp3) is 0.538. The van der Waals surface area contributed by atoms with E-state index >= 15 is 0 Å². The van der Waals surface area contributed by atoms with Crippen LogP contribution in [0.1, 0.15) is 29.5 Å². The van der Waals surface area contributed by atoms with E-state index in [1.165, 1.54) is 16.7 Å². The van der Waals surface area contributed by atoms with Gasteiger partial charge in [-0.2, -0.15) is 12.6 Å². The number of ether oxygens (including phenoxy) is 1. The molecule has 0 saturated heterocycles. The van der Waals surface area contributed by atoms with Crippen LogP contribution in [0.5, 0.6) is 5.75 Å². The van der Waals surface area contributed by atoms with Crippen molar-refractivity contribution in [1.29, 1.82) is 0 Å². The van der Waals surface area contributed by atoms with Gasteiger partial charge in [0, 0.05) is 0 Å². The number of unbranched alkanes of at least 4 members (excludes halogenated alkanes) is 1. The molecule has 0 aliphatic rings. The summed E-state index contributed by atoms with van der Waals surface area (Å²) in [7, 11) is 0. The highest BCUT2D eigenvalue weighted by molar-refractivity contribution is 7.80. The number of hydrogen-bond acceptors (Lipinski definition) is 2. The highest BCUT2D eigenvalue weighted by Crippen LogP contribution is 2.25. The van der Waals surface area contributed by atoms with Gasteiger partial charge in [-0.15, -0.1) is 0 Å². The molecule has 0 aliphatic carbocycles. The van der Waals surface area contributed by atoms with Crippen molar-refractivity contribution < 1.29 is 4.74 Å². The van der Waals surface area contributed by atoms with Gasteiger partial charge in [0.15, 0.2) is 0 Å². The van der Waals surface area contributed by atoms with Crippen LogP contribution < -0.4 is 4.74 Å². The predicted molar refractivity (Wildman–Crippen MR) is 69.2 cm³/mol. The Labute approximate surface area is 98.3 Å². The number of benzene rings is 1. The van der Waals surface area contributed by atoms with Crippen LogP contribution in [0.3, 0.4) is 0 Å². The van der Waals surface area contributed by atoms with Gasteiger partial charge in [0.2, 0.25) is 0 Å². The quantitative estimate of drug-likeness (QED) is 0.592. The lowest BCUT2D eigenvalue weighted by Gasteiger charge is -2.13. The van der Waals surface area contributed by atoms with Crippen LogP contribution in [-0.4, -0.2) is 12.4 Å². The van der Waals surface area contributed by atoms with Gasteiger partial charge < -0.3 is 4.74 Å². The predicted octanol–water partition coefficient (Wildman–Crippen LogP) is 3.70. The Morgan fingerprint density at radius 2 is 1.73 bits per heavy atom. The van der Waals surface area contributed by atoms with Crippen molar-refractivity contribution in [2.75, 3.05) is 12.4 Å². The van der Waals surface area contributed by atoms with E-state index in [0.29, 0.717) is 0 Å². The van der Waals surface area contributed by atoms with Gasteiger partial charge in [-0.3, -0.25) is 0 Å². The third kappa shape index (κ3) is 3.45. The molecular weight excluding hydrogens is 204 g/mol. The largest absolute Gasteiger partial charge is 0.493 e. The summed E-state index contributed by atoms with van der Waals surface area (Å²) in [4.78, 5) is 0. The van der Waals surface area contributed by atoms with Gasteiger partial charge in [0.05, 0.1) is 6.61 Å². The third-order valence-electron chi connectivity index (χ3n) is 2.67. The lowest BCUT2D eigenvalue weighted by molar-refractivity contribution is 0.305. The first-order chi connectivity index (χ1) is 7.16. The Morgan fingerprint density at radius 3 is 2.40 bits per heavy atom. The van der Waals surface area contributed by atoms with E-state index in [-0.39, 0.29) is 0 Å². The first kappa shape index (κ1) is 12.4. The van der Waals surface area contributed by atoms with E-state index in [2.05, 4.69) is 45.5 Å². The number of hydrogen-bond donors (Lipinski definition) is 1. The highest BCUT2D eigenvalue weighted by Gasteiger charge is 2.05. The lowest BCUT2D eigenvalue weighted by Crippen LogP contribution is -2.01. The van der Waals surface area contributed by atoms with E-state index in [9.17, 15) is 0 Å². The van der Waals surface area contributed by atoms with Crippen molar-refractivity contribution in [3.05, 3.63) is 28.8 Å². The van der Waals surface area contributed by atoms with Gasteiger partial charge in [0.25, 0.3) is 0 Å². The van der Waals surface area contributed by atoms with Gasteiger partial charge in [0.1, 0.15) is 5.75 Å². The molecule has 15 heavy (non-hydrogen) atoms. The van der Waals surface area contributed by atoms with E-state index in [1.54, 1.807) is 0 Å². The van der Waals surface area contributed by atoms with Crippen molar-refractivity contribution in [2.45, 2.75) is 33.6 Å². The van der Waals surface area contributed by atoms with Crippen LogP contribution in [0.15, 0.2) is 12.1 Å². The van der Waals surface area contributed by atoms with Crippen LogP contribution in [0.2, 0.25) is 0 Å². The van der Waals surface area contributed by atoms with Crippen molar-refractivity contribution in [3.8, 4) is 5.75 Å². The summed E-state index contributed by atoms with van der Waals surface area (Å²) in [6.45, 7) is 7.14. The molecule has 0 bridgehead atoms. The molecule has 1 aromatic rings. The molecule has 0 aliphatic heterocycles. The monoisotopic (exact) mass is 224 g/mol. The summed E-state index contributed by atoms with van der Waals surface area (Å²) in [5.74, 6) is 2.00. The smallest absolute Gasteiger partial charge is 0.125 e. The minimum atomic E-state index is 0.797. The molecule has 0 atom stereocenters. The van der Waals surface area contributed by atoms with Crippen LogP contribution >= 0.6 is 12.6 Å². The second-order valence-electron chi connectivity index (χ2n) is 3.93. The summed E-state index contributed by atoms with van der Waals surface area (Å²) in [6.07, 6.45) is 2.20. The molecule has 0 N–H and O–H groups in total. The van der Waals surface area contributed by atoms with E-state index in [1.807, 2.05) is 0 Å². The molecule has 0 saturated carbocycles. The Kier molecular flexibility index (Phi) is 5.03. The van der Waals surface area contributed by atoms with Crippen molar-refractivity contribution in [2.24, 2.45) is 0 Å². The third-order valence-corrected chi connectivity index (χ3v) is 2.99. The molecule has 0 spiro atoms. The Morgan fingerprint density at radius 1 is 1.07 bits per heavy atom. The molecule has 0 radical (unpaired) electrons. The molecule has 0 heterocycles. The van der Waals surface area contributed by atoms with Crippen molar-refractivity contribution >= 4 is 12.6 Å². The number of aryl methyl sites for hydroxylation is 2. The van der Waals surface area contributed by atoms with Crippen LogP contribution in [-0.2, 0) is 0 Å². The summed E-state index contributed by atoms with van der Waals surface area (Å²) >= 11 is 4.18. The second kappa shape index (κ2) is 6.06. The summed E-state index contributed by atoms with van der Waals surface area (Å²) in [6, 6.07) is 4.27. The average molecular weight is 224 g/mol. The zero-order valence-electron chi connectivity index (χ0n) is 9.84. The average Bonchev–Trinajstić information content (AvgIpc) is 2.23. The zero-order chi connectivity index (χ0) is 11.3. The maximum absolute atomic E-state index is 5.82. The fourth-order valence-electron chi connectivity index (χ4n) is 1.54. The van der Waals surface area contributed by atoms with Crippen LogP contribution in [0.4, 0.5) is 0 Å². The fourth-order valence-corrected chi connectivity index (χ4v) is 1.76. The van der Waals surface area contributed by atoms with Gasteiger partial charge in [-0.1, -0.05) is 12.1 Å². The molecule has 0 amide bonds. The van der Waals surface area contributed by atoms with E-state index < -0.39 is 0 Å². The molecule has 1 aromatic carbocycles. The summed E-state index contributed by atoms with van der Waals surface area (Å²) in [5.41, 5.74) is 3.79. The molecule has 1 nitrogen and oxygen atoms in total. The van der Waals surface area contributed by atoms with Gasteiger partial charge in [-0.25, -0.2) is 0 Å². The van der Waals surface area contributed by atoms with Crippen LogP contribution in [0.25, 0.3) is 0 Å². The van der Waals surface area contributed by atoms with Crippen molar-refractivity contribution in [1.82, 2.24) is 0 Å². The Balaban J connectivity index is 2.63. The van der Waals surface area contributed by atoms with Gasteiger partial charge >= 0.3 is 0 Å². The van der Waals surface area contributed by atoms with Crippen molar-refractivity contribution in [3.63, 3.8) is 0 Å². The normalized spacial score (nSPS) is 10.4. The summed E-state index contributed by atoms with van der Waals surface area (Å²) in [5, 5.41) is 0. The SMILES string of the molecule is Cc1ccc(C)c(OCCCCS)c1C. The van der Waals surface area contributed by atoms with E-state index in [0.717, 1.165) is 31.0 Å². The number of thiol groups is 1. The maximum Gasteiger partial charge on any atom is 0.125 e. The molecule has 84 valence electrons. The molecule has 2 heteroatoms. The Bertz CT molecular complexity index is 321. The molecule has 0 aromatic heterocycles. The first-order valence-corrected chi connectivity index (χ1v) is 6.10. The standard InChI is InChI=1S/C13H20OS/c1-10-6-7-11(2)13(12(10)3)14-8-4-5-9-15/h6-7,15H,4-5,8-9H2,1-3H3. The summed E-state index contributed by atoms with van der Waals surface area (Å²) < 4.78 is 5.82. The lowest BCUT2D eigenvalue weighted by atomic mass is 10.1. The second-order valence-corrected chi connectivity index (χ2v) is 4.38. The molecule has 0 unspecified atom stereocenters. The molecule has 0 fully saturated rings.